The van der Waals surface area contributed by atoms with Crippen LogP contribution in [0, 0.1) is 0 Å². The minimum atomic E-state index is -0.777. The molecule has 0 bridgehead atoms. The molecule has 0 aromatic carbocycles. The molecule has 0 aliphatic heterocycles. The third-order valence-electron chi connectivity index (χ3n) is 0.936. The van der Waals surface area contributed by atoms with Crippen LogP contribution in [0.15, 0.2) is 12.4 Å². The van der Waals surface area contributed by atoms with Gasteiger partial charge in [-0.15, -0.1) is 0 Å². The summed E-state index contributed by atoms with van der Waals surface area (Å²) >= 11 is 0. The maximum absolute atomic E-state index is 10.1. The minimum Gasteiger partial charge on any atom is -0.445 e. The molecule has 1 amide bonds. The van der Waals surface area contributed by atoms with E-state index in [1.807, 2.05) is 0 Å². The molecule has 0 saturated carbocycles. The first-order valence-corrected chi connectivity index (χ1v) is 2.69. The van der Waals surface area contributed by atoms with E-state index in [0.29, 0.717) is 0 Å². The molecule has 0 aliphatic rings. The van der Waals surface area contributed by atoms with Crippen molar-refractivity contribution in [1.29, 1.82) is 0 Å². The summed E-state index contributed by atoms with van der Waals surface area (Å²) in [7, 11) is 0. The van der Waals surface area contributed by atoms with Crippen LogP contribution in [0.2, 0.25) is 0 Å². The molecule has 0 spiro atoms. The van der Waals surface area contributed by atoms with E-state index in [2.05, 4.69) is 14.9 Å². The molecule has 0 atom stereocenters. The smallest absolute Gasteiger partial charge is 0.404 e. The van der Waals surface area contributed by atoms with Gasteiger partial charge in [-0.3, -0.25) is 5.10 Å². The van der Waals surface area contributed by atoms with Gasteiger partial charge in [0.1, 0.15) is 6.61 Å². The van der Waals surface area contributed by atoms with Crippen LogP contribution in [0.25, 0.3) is 0 Å². The van der Waals surface area contributed by atoms with E-state index >= 15 is 0 Å². The lowest BCUT2D eigenvalue weighted by Crippen LogP contribution is -2.12. The van der Waals surface area contributed by atoms with Crippen LogP contribution >= 0.6 is 0 Å². The molecule has 1 rings (SSSR count). The zero-order valence-electron chi connectivity index (χ0n) is 5.20. The third kappa shape index (κ3) is 1.77. The number of ether oxygens (including phenoxy) is 1. The van der Waals surface area contributed by atoms with Gasteiger partial charge in [-0.1, -0.05) is 0 Å². The number of hydrogen-bond donors (Lipinski definition) is 2. The zero-order chi connectivity index (χ0) is 7.40. The Morgan fingerprint density at radius 1 is 1.90 bits per heavy atom. The first-order valence-electron chi connectivity index (χ1n) is 2.69. The van der Waals surface area contributed by atoms with Crippen molar-refractivity contribution in [3.05, 3.63) is 18.0 Å². The van der Waals surface area contributed by atoms with Crippen molar-refractivity contribution < 1.29 is 9.53 Å². The quantitative estimate of drug-likeness (QED) is 0.608. The van der Waals surface area contributed by atoms with Gasteiger partial charge in [0.25, 0.3) is 0 Å². The number of aromatic nitrogens is 2. The first kappa shape index (κ1) is 6.60. The Morgan fingerprint density at radius 2 is 2.70 bits per heavy atom. The number of nitrogens with zero attached hydrogens (tertiary/aromatic N) is 1. The average Bonchev–Trinajstić information content (AvgIpc) is 2.34. The number of rotatable bonds is 2. The van der Waals surface area contributed by atoms with Gasteiger partial charge < -0.3 is 10.5 Å². The fraction of sp³-hybridized carbons (Fsp3) is 0.200. The third-order valence-corrected chi connectivity index (χ3v) is 0.936. The molecule has 1 aromatic rings. The lowest BCUT2D eigenvalue weighted by molar-refractivity contribution is 0.150. The van der Waals surface area contributed by atoms with Crippen molar-refractivity contribution in [2.45, 2.75) is 6.61 Å². The van der Waals surface area contributed by atoms with E-state index in [1.54, 1.807) is 12.4 Å². The Hall–Kier alpha value is -1.52. The van der Waals surface area contributed by atoms with E-state index in [-0.39, 0.29) is 6.61 Å². The van der Waals surface area contributed by atoms with E-state index in [9.17, 15) is 4.79 Å². The monoisotopic (exact) mass is 141 g/mol. The number of nitrogens with one attached hydrogen (secondary N) is 1. The summed E-state index contributed by atoms with van der Waals surface area (Å²) in [5.41, 5.74) is 5.51. The Labute approximate surface area is 57.2 Å². The van der Waals surface area contributed by atoms with Gasteiger partial charge in [0.05, 0.1) is 6.20 Å². The number of amides is 1. The molecule has 10 heavy (non-hydrogen) atoms. The zero-order valence-corrected chi connectivity index (χ0v) is 5.20. The van der Waals surface area contributed by atoms with E-state index < -0.39 is 6.09 Å². The highest BCUT2D eigenvalue weighted by molar-refractivity contribution is 5.64. The predicted molar refractivity (Wildman–Crippen MR) is 33.0 cm³/mol. The van der Waals surface area contributed by atoms with Gasteiger partial charge in [-0.05, 0) is 0 Å². The minimum absolute atomic E-state index is 0.172. The fourth-order valence-electron chi connectivity index (χ4n) is 0.511. The Morgan fingerprint density at radius 3 is 3.20 bits per heavy atom. The molecule has 5 nitrogen and oxygen atoms in total. The Bertz CT molecular complexity index is 207. The normalized spacial score (nSPS) is 9.20. The molecule has 5 heteroatoms. The lowest BCUT2D eigenvalue weighted by Gasteiger charge is -1.95. The summed E-state index contributed by atoms with van der Waals surface area (Å²) in [5, 5.41) is 6.21. The van der Waals surface area contributed by atoms with Crippen LogP contribution in [0.1, 0.15) is 5.56 Å². The molecule has 3 N–H and O–H groups in total. The summed E-state index contributed by atoms with van der Waals surface area (Å²) in [5.74, 6) is 0. The maximum atomic E-state index is 10.1. The van der Waals surface area contributed by atoms with Gasteiger partial charge in [-0.25, -0.2) is 4.79 Å². The van der Waals surface area contributed by atoms with E-state index in [1.165, 1.54) is 0 Å². The lowest BCUT2D eigenvalue weighted by atomic mass is 10.4. The largest absolute Gasteiger partial charge is 0.445 e. The van der Waals surface area contributed by atoms with Crippen LogP contribution in [0.4, 0.5) is 4.79 Å². The molecular formula is C5H7N3O2. The summed E-state index contributed by atoms with van der Waals surface area (Å²) in [6, 6.07) is 0. The van der Waals surface area contributed by atoms with Gasteiger partial charge in [0, 0.05) is 11.8 Å². The second-order valence-corrected chi connectivity index (χ2v) is 1.71. The standard InChI is InChI=1S/C5H7N3O2/c6-5(9)10-3-4-1-7-8-2-4/h1-2H,3H2,(H2,6,9)(H,7,8). The summed E-state index contributed by atoms with van der Waals surface area (Å²) in [4.78, 5) is 10.1. The molecule has 0 saturated heterocycles. The highest BCUT2D eigenvalue weighted by atomic mass is 16.5. The Kier molecular flexibility index (Phi) is 1.89. The number of primary amides is 1. The van der Waals surface area contributed by atoms with Crippen molar-refractivity contribution in [2.24, 2.45) is 5.73 Å². The van der Waals surface area contributed by atoms with Gasteiger partial charge in [0.2, 0.25) is 0 Å². The second kappa shape index (κ2) is 2.86. The fourth-order valence-corrected chi connectivity index (χ4v) is 0.511. The predicted octanol–water partition coefficient (Wildman–Crippen LogP) is 0.00500. The number of aromatic amines is 1. The maximum Gasteiger partial charge on any atom is 0.404 e. The number of nitrogens with two attached hydrogens (primary N) is 1. The van der Waals surface area contributed by atoms with Crippen molar-refractivity contribution in [3.8, 4) is 0 Å². The molecule has 0 unspecified atom stereocenters. The van der Waals surface area contributed by atoms with Crippen LogP contribution in [0.3, 0.4) is 0 Å². The molecular weight excluding hydrogens is 134 g/mol. The van der Waals surface area contributed by atoms with Crippen molar-refractivity contribution in [1.82, 2.24) is 10.2 Å². The SMILES string of the molecule is NC(=O)OCc1cn[nH]c1. The van der Waals surface area contributed by atoms with Gasteiger partial charge >= 0.3 is 6.09 Å². The van der Waals surface area contributed by atoms with Gasteiger partial charge in [0.15, 0.2) is 0 Å². The van der Waals surface area contributed by atoms with E-state index in [0.717, 1.165) is 5.56 Å². The first-order chi connectivity index (χ1) is 4.79. The number of hydrogen-bond acceptors (Lipinski definition) is 3. The summed E-state index contributed by atoms with van der Waals surface area (Å²) in [6.45, 7) is 0.172. The Balaban J connectivity index is 2.35. The van der Waals surface area contributed by atoms with Crippen molar-refractivity contribution in [2.75, 3.05) is 0 Å². The molecule has 0 aliphatic carbocycles. The average molecular weight is 141 g/mol. The van der Waals surface area contributed by atoms with Crippen LogP contribution in [0.5, 0.6) is 0 Å². The van der Waals surface area contributed by atoms with Crippen LogP contribution in [-0.2, 0) is 11.3 Å². The number of H-pyrrole nitrogens is 1. The highest BCUT2D eigenvalue weighted by Gasteiger charge is 1.95. The number of carbonyl (C=O) groups excluding carboxylic acids is 1. The topological polar surface area (TPSA) is 81.0 Å². The molecule has 1 heterocycles. The van der Waals surface area contributed by atoms with Gasteiger partial charge in [-0.2, -0.15) is 5.10 Å². The molecule has 54 valence electrons. The second-order valence-electron chi connectivity index (χ2n) is 1.71. The summed E-state index contributed by atoms with van der Waals surface area (Å²) in [6.07, 6.45) is 2.41. The van der Waals surface area contributed by atoms with Crippen LogP contribution < -0.4 is 5.73 Å². The van der Waals surface area contributed by atoms with E-state index in [4.69, 9.17) is 5.73 Å². The van der Waals surface area contributed by atoms with Crippen molar-refractivity contribution in [3.63, 3.8) is 0 Å². The molecule has 0 fully saturated rings. The van der Waals surface area contributed by atoms with Crippen LogP contribution in [-0.4, -0.2) is 16.3 Å². The summed E-state index contributed by atoms with van der Waals surface area (Å²) < 4.78 is 4.47. The molecule has 1 aromatic heterocycles. The number of carbonyl (C=O) groups is 1. The van der Waals surface area contributed by atoms with Crippen molar-refractivity contribution >= 4 is 6.09 Å². The molecule has 0 radical (unpaired) electrons. The highest BCUT2D eigenvalue weighted by Crippen LogP contribution is 1.95.